The Morgan fingerprint density at radius 3 is 1.79 bits per heavy atom. The van der Waals surface area contributed by atoms with E-state index < -0.39 is 0 Å². The number of esters is 2. The summed E-state index contributed by atoms with van der Waals surface area (Å²) in [4.78, 5) is 24.5. The SMILES string of the molecule is CCCCCC(CCCC(C)OC(=O)c1ccccc1)OC(=O)c1ccccc1. The fraction of sp³-hybridized carbons (Fsp3) is 0.440. The predicted molar refractivity (Wildman–Crippen MR) is 115 cm³/mol. The van der Waals surface area contributed by atoms with Crippen LogP contribution in [0.2, 0.25) is 0 Å². The van der Waals surface area contributed by atoms with E-state index in [9.17, 15) is 9.59 Å². The van der Waals surface area contributed by atoms with Gasteiger partial charge in [-0.25, -0.2) is 9.59 Å². The lowest BCUT2D eigenvalue weighted by atomic mass is 10.0. The molecular weight excluding hydrogens is 364 g/mol. The van der Waals surface area contributed by atoms with E-state index in [0.29, 0.717) is 11.1 Å². The Balaban J connectivity index is 1.80. The molecule has 0 spiro atoms. The smallest absolute Gasteiger partial charge is 0.338 e. The molecule has 29 heavy (non-hydrogen) atoms. The van der Waals surface area contributed by atoms with Gasteiger partial charge in [0.05, 0.1) is 17.2 Å². The zero-order chi connectivity index (χ0) is 20.9. The van der Waals surface area contributed by atoms with Crippen LogP contribution in [0, 0.1) is 0 Å². The summed E-state index contributed by atoms with van der Waals surface area (Å²) in [5, 5.41) is 0. The maximum Gasteiger partial charge on any atom is 0.338 e. The third-order valence-electron chi connectivity index (χ3n) is 4.87. The highest BCUT2D eigenvalue weighted by Gasteiger charge is 2.17. The van der Waals surface area contributed by atoms with Gasteiger partial charge in [0.15, 0.2) is 0 Å². The third kappa shape index (κ3) is 8.51. The van der Waals surface area contributed by atoms with Crippen LogP contribution in [-0.4, -0.2) is 24.1 Å². The summed E-state index contributed by atoms with van der Waals surface area (Å²) >= 11 is 0. The first-order chi connectivity index (χ1) is 14.1. The number of carbonyl (C=O) groups is 2. The van der Waals surface area contributed by atoms with Gasteiger partial charge in [-0.05, 0) is 63.3 Å². The van der Waals surface area contributed by atoms with Crippen molar-refractivity contribution in [2.24, 2.45) is 0 Å². The number of carbonyl (C=O) groups excluding carboxylic acids is 2. The molecule has 0 saturated carbocycles. The topological polar surface area (TPSA) is 52.6 Å². The van der Waals surface area contributed by atoms with Crippen LogP contribution in [0.4, 0.5) is 0 Å². The van der Waals surface area contributed by atoms with Crippen LogP contribution in [0.3, 0.4) is 0 Å². The summed E-state index contributed by atoms with van der Waals surface area (Å²) in [6.07, 6.45) is 6.24. The molecule has 0 N–H and O–H groups in total. The van der Waals surface area contributed by atoms with E-state index in [0.717, 1.165) is 44.9 Å². The number of hydrogen-bond acceptors (Lipinski definition) is 4. The standard InChI is InChI=1S/C25H32O4/c1-3-4-7-18-23(29-25(27)22-16-10-6-11-17-22)19-12-13-20(2)28-24(26)21-14-8-5-9-15-21/h5-6,8-11,14-17,20,23H,3-4,7,12-13,18-19H2,1-2H3. The average Bonchev–Trinajstić information content (AvgIpc) is 2.75. The third-order valence-corrected chi connectivity index (χ3v) is 4.87. The summed E-state index contributed by atoms with van der Waals surface area (Å²) in [7, 11) is 0. The van der Waals surface area contributed by atoms with Crippen molar-refractivity contribution in [3.63, 3.8) is 0 Å². The summed E-state index contributed by atoms with van der Waals surface area (Å²) in [5.41, 5.74) is 1.15. The molecule has 156 valence electrons. The first-order valence-corrected chi connectivity index (χ1v) is 10.6. The lowest BCUT2D eigenvalue weighted by molar-refractivity contribution is 0.0217. The second-order valence-corrected chi connectivity index (χ2v) is 7.40. The number of hydrogen-bond donors (Lipinski definition) is 0. The Morgan fingerprint density at radius 2 is 1.24 bits per heavy atom. The van der Waals surface area contributed by atoms with Crippen molar-refractivity contribution in [1.82, 2.24) is 0 Å². The van der Waals surface area contributed by atoms with E-state index in [2.05, 4.69) is 6.92 Å². The maximum absolute atomic E-state index is 12.4. The van der Waals surface area contributed by atoms with Crippen LogP contribution in [0.1, 0.15) is 79.5 Å². The van der Waals surface area contributed by atoms with Crippen LogP contribution in [0.25, 0.3) is 0 Å². The van der Waals surface area contributed by atoms with Gasteiger partial charge < -0.3 is 9.47 Å². The maximum atomic E-state index is 12.4. The highest BCUT2D eigenvalue weighted by molar-refractivity contribution is 5.89. The zero-order valence-electron chi connectivity index (χ0n) is 17.5. The van der Waals surface area contributed by atoms with E-state index >= 15 is 0 Å². The fourth-order valence-corrected chi connectivity index (χ4v) is 3.19. The molecule has 4 nitrogen and oxygen atoms in total. The van der Waals surface area contributed by atoms with Gasteiger partial charge >= 0.3 is 11.9 Å². The van der Waals surface area contributed by atoms with Crippen LogP contribution in [0.5, 0.6) is 0 Å². The molecule has 2 aromatic rings. The van der Waals surface area contributed by atoms with E-state index in [1.807, 2.05) is 43.3 Å². The zero-order valence-corrected chi connectivity index (χ0v) is 17.5. The minimum absolute atomic E-state index is 0.105. The van der Waals surface area contributed by atoms with Gasteiger partial charge in [-0.1, -0.05) is 56.2 Å². The molecular formula is C25H32O4. The lowest BCUT2D eigenvalue weighted by Crippen LogP contribution is -2.20. The van der Waals surface area contributed by atoms with Gasteiger partial charge in [0, 0.05) is 0 Å². The van der Waals surface area contributed by atoms with Gasteiger partial charge in [0.25, 0.3) is 0 Å². The van der Waals surface area contributed by atoms with Gasteiger partial charge in [0.2, 0.25) is 0 Å². The average molecular weight is 397 g/mol. The Hall–Kier alpha value is -2.62. The Bertz CT molecular complexity index is 727. The van der Waals surface area contributed by atoms with Gasteiger partial charge in [-0.15, -0.1) is 0 Å². The Labute approximate surface area is 174 Å². The molecule has 0 saturated heterocycles. The van der Waals surface area contributed by atoms with Gasteiger partial charge in [-0.3, -0.25) is 0 Å². The van der Waals surface area contributed by atoms with Gasteiger partial charge in [0.1, 0.15) is 6.10 Å². The Morgan fingerprint density at radius 1 is 0.724 bits per heavy atom. The monoisotopic (exact) mass is 396 g/mol. The molecule has 0 radical (unpaired) electrons. The number of rotatable bonds is 12. The van der Waals surface area contributed by atoms with Crippen LogP contribution in [-0.2, 0) is 9.47 Å². The number of ether oxygens (including phenoxy) is 2. The minimum Gasteiger partial charge on any atom is -0.459 e. The summed E-state index contributed by atoms with van der Waals surface area (Å²) in [5.74, 6) is -0.566. The molecule has 0 bridgehead atoms. The van der Waals surface area contributed by atoms with Crippen molar-refractivity contribution >= 4 is 11.9 Å². The first-order valence-electron chi connectivity index (χ1n) is 10.6. The molecule has 0 aromatic heterocycles. The molecule has 2 atom stereocenters. The summed E-state index contributed by atoms with van der Waals surface area (Å²) in [6, 6.07) is 18.1. The second kappa shape index (κ2) is 12.8. The largest absolute Gasteiger partial charge is 0.459 e. The van der Waals surface area contributed by atoms with Crippen LogP contribution in [0.15, 0.2) is 60.7 Å². The van der Waals surface area contributed by atoms with Crippen molar-refractivity contribution in [1.29, 1.82) is 0 Å². The molecule has 0 heterocycles. The van der Waals surface area contributed by atoms with E-state index in [1.165, 1.54) is 0 Å². The van der Waals surface area contributed by atoms with E-state index in [4.69, 9.17) is 9.47 Å². The molecule has 4 heteroatoms. The molecule has 2 aromatic carbocycles. The van der Waals surface area contributed by atoms with Crippen molar-refractivity contribution < 1.29 is 19.1 Å². The minimum atomic E-state index is -0.298. The first kappa shape index (κ1) is 22.7. The Kier molecular flexibility index (Phi) is 9.98. The molecule has 2 rings (SSSR count). The van der Waals surface area contributed by atoms with Crippen LogP contribution >= 0.6 is 0 Å². The lowest BCUT2D eigenvalue weighted by Gasteiger charge is -2.19. The molecule has 0 aliphatic carbocycles. The molecule has 0 aliphatic heterocycles. The van der Waals surface area contributed by atoms with E-state index in [-0.39, 0.29) is 24.1 Å². The highest BCUT2D eigenvalue weighted by Crippen LogP contribution is 2.18. The summed E-state index contributed by atoms with van der Waals surface area (Å²) in [6.45, 7) is 4.07. The number of unbranched alkanes of at least 4 members (excludes halogenated alkanes) is 2. The van der Waals surface area contributed by atoms with Crippen molar-refractivity contribution in [3.8, 4) is 0 Å². The molecule has 0 fully saturated rings. The van der Waals surface area contributed by atoms with Crippen molar-refractivity contribution in [3.05, 3.63) is 71.8 Å². The molecule has 0 aliphatic rings. The highest BCUT2D eigenvalue weighted by atomic mass is 16.5. The molecule has 2 unspecified atom stereocenters. The normalized spacial score (nSPS) is 12.8. The fourth-order valence-electron chi connectivity index (χ4n) is 3.19. The van der Waals surface area contributed by atoms with Crippen molar-refractivity contribution in [2.45, 2.75) is 71.0 Å². The summed E-state index contributed by atoms with van der Waals surface area (Å²) < 4.78 is 11.3. The molecule has 0 amide bonds. The van der Waals surface area contributed by atoms with Gasteiger partial charge in [-0.2, -0.15) is 0 Å². The second-order valence-electron chi connectivity index (χ2n) is 7.40. The number of benzene rings is 2. The van der Waals surface area contributed by atoms with E-state index in [1.54, 1.807) is 24.3 Å². The quantitative estimate of drug-likeness (QED) is 0.316. The predicted octanol–water partition coefficient (Wildman–Crippen LogP) is 6.21. The van der Waals surface area contributed by atoms with Crippen LogP contribution < -0.4 is 0 Å². The van der Waals surface area contributed by atoms with Crippen molar-refractivity contribution in [2.75, 3.05) is 0 Å².